The molecule has 1 aromatic rings. The van der Waals surface area contributed by atoms with E-state index in [-0.39, 0.29) is 11.9 Å². The molecule has 0 spiro atoms. The van der Waals surface area contributed by atoms with E-state index in [0.717, 1.165) is 18.7 Å². The van der Waals surface area contributed by atoms with E-state index < -0.39 is 0 Å². The monoisotopic (exact) mass is 294 g/mol. The van der Waals surface area contributed by atoms with E-state index in [1.54, 1.807) is 12.1 Å². The van der Waals surface area contributed by atoms with Crippen LogP contribution in [0.15, 0.2) is 24.3 Å². The van der Waals surface area contributed by atoms with Crippen molar-refractivity contribution in [3.05, 3.63) is 35.6 Å². The molecule has 0 radical (unpaired) electrons. The highest BCUT2D eigenvalue weighted by molar-refractivity contribution is 5.20. The van der Waals surface area contributed by atoms with Gasteiger partial charge in [0, 0.05) is 37.1 Å². The van der Waals surface area contributed by atoms with Crippen LogP contribution in [0, 0.1) is 11.7 Å². The van der Waals surface area contributed by atoms with Crippen LogP contribution in [0.5, 0.6) is 0 Å². The molecular weight excluding hydrogens is 267 g/mol. The van der Waals surface area contributed by atoms with Gasteiger partial charge in [-0.1, -0.05) is 12.1 Å². The molecule has 1 aromatic carbocycles. The topological polar surface area (TPSA) is 39.3 Å². The van der Waals surface area contributed by atoms with Crippen LogP contribution >= 0.6 is 0 Å². The van der Waals surface area contributed by atoms with Gasteiger partial charge in [-0.3, -0.25) is 10.9 Å². The van der Waals surface area contributed by atoms with Crippen LogP contribution in [-0.4, -0.2) is 44.2 Å². The normalized spacial score (nSPS) is 27.2. The molecule has 3 atom stereocenters. The number of nitrogens with zero attached hydrogens (tertiary/aromatic N) is 1. The van der Waals surface area contributed by atoms with E-state index >= 15 is 0 Å². The average Bonchev–Trinajstić information content (AvgIpc) is 2.74. The highest BCUT2D eigenvalue weighted by Crippen LogP contribution is 2.19. The molecule has 0 aromatic heterocycles. The SMILES string of the molecule is CC1NNC(C)C1CNCC(c1cccc(F)c1)N(C)C. The Morgan fingerprint density at radius 2 is 1.90 bits per heavy atom. The lowest BCUT2D eigenvalue weighted by molar-refractivity contribution is 0.279. The van der Waals surface area contributed by atoms with Crippen LogP contribution in [0.2, 0.25) is 0 Å². The lowest BCUT2D eigenvalue weighted by Crippen LogP contribution is -2.38. The molecule has 1 saturated heterocycles. The van der Waals surface area contributed by atoms with Gasteiger partial charge in [0.15, 0.2) is 0 Å². The molecule has 1 fully saturated rings. The summed E-state index contributed by atoms with van der Waals surface area (Å²) in [6.45, 7) is 6.14. The standard InChI is InChI=1S/C16H27FN4/c1-11-15(12(2)20-19-11)9-18-10-16(21(3)4)13-6-5-7-14(17)8-13/h5-8,11-12,15-16,18-20H,9-10H2,1-4H3. The Hall–Kier alpha value is -1.01. The second kappa shape index (κ2) is 7.31. The zero-order valence-corrected chi connectivity index (χ0v) is 13.4. The molecule has 0 bridgehead atoms. The van der Waals surface area contributed by atoms with Crippen LogP contribution in [0.25, 0.3) is 0 Å². The summed E-state index contributed by atoms with van der Waals surface area (Å²) in [6.07, 6.45) is 0. The Bertz CT molecular complexity index is 442. The fourth-order valence-electron chi connectivity index (χ4n) is 2.96. The first-order valence-corrected chi connectivity index (χ1v) is 7.62. The quantitative estimate of drug-likeness (QED) is 0.744. The second-order valence-corrected chi connectivity index (χ2v) is 6.22. The first kappa shape index (κ1) is 16.4. The van der Waals surface area contributed by atoms with Gasteiger partial charge in [-0.2, -0.15) is 0 Å². The van der Waals surface area contributed by atoms with E-state index in [1.807, 2.05) is 20.2 Å². The van der Waals surface area contributed by atoms with E-state index in [9.17, 15) is 4.39 Å². The molecule has 3 unspecified atom stereocenters. The summed E-state index contributed by atoms with van der Waals surface area (Å²) in [7, 11) is 4.06. The van der Waals surface area contributed by atoms with Crippen LogP contribution < -0.4 is 16.2 Å². The lowest BCUT2D eigenvalue weighted by Gasteiger charge is -2.27. The highest BCUT2D eigenvalue weighted by atomic mass is 19.1. The molecule has 118 valence electrons. The van der Waals surface area contributed by atoms with Crippen molar-refractivity contribution in [3.63, 3.8) is 0 Å². The number of hydrazine groups is 1. The van der Waals surface area contributed by atoms with Crippen LogP contribution in [-0.2, 0) is 0 Å². The van der Waals surface area contributed by atoms with Crippen molar-refractivity contribution in [1.29, 1.82) is 0 Å². The third kappa shape index (κ3) is 4.23. The second-order valence-electron chi connectivity index (χ2n) is 6.22. The average molecular weight is 294 g/mol. The number of likely N-dealkylation sites (N-methyl/N-ethyl adjacent to an activating group) is 1. The van der Waals surface area contributed by atoms with Crippen molar-refractivity contribution in [2.45, 2.75) is 32.0 Å². The molecular formula is C16H27FN4. The number of benzene rings is 1. The molecule has 0 aliphatic carbocycles. The van der Waals surface area contributed by atoms with Gasteiger partial charge in [-0.05, 0) is 45.6 Å². The van der Waals surface area contributed by atoms with Crippen LogP contribution in [0.1, 0.15) is 25.5 Å². The van der Waals surface area contributed by atoms with Gasteiger partial charge >= 0.3 is 0 Å². The fraction of sp³-hybridized carbons (Fsp3) is 0.625. The highest BCUT2D eigenvalue weighted by Gasteiger charge is 2.29. The van der Waals surface area contributed by atoms with Gasteiger partial charge in [-0.15, -0.1) is 0 Å². The molecule has 0 amide bonds. The van der Waals surface area contributed by atoms with Crippen LogP contribution in [0.3, 0.4) is 0 Å². The van der Waals surface area contributed by atoms with Gasteiger partial charge in [0.1, 0.15) is 5.82 Å². The Kier molecular flexibility index (Phi) is 5.70. The summed E-state index contributed by atoms with van der Waals surface area (Å²) in [5.74, 6) is 0.381. The Morgan fingerprint density at radius 1 is 1.24 bits per heavy atom. The van der Waals surface area contributed by atoms with E-state index in [0.29, 0.717) is 18.0 Å². The number of hydrogen-bond acceptors (Lipinski definition) is 4. The van der Waals surface area contributed by atoms with E-state index in [4.69, 9.17) is 0 Å². The summed E-state index contributed by atoms with van der Waals surface area (Å²) < 4.78 is 13.4. The maximum Gasteiger partial charge on any atom is 0.123 e. The molecule has 21 heavy (non-hydrogen) atoms. The summed E-state index contributed by atoms with van der Waals surface area (Å²) in [5, 5.41) is 3.54. The Labute approximate surface area is 127 Å². The van der Waals surface area contributed by atoms with E-state index in [2.05, 4.69) is 34.9 Å². The van der Waals surface area contributed by atoms with Crippen molar-refractivity contribution in [3.8, 4) is 0 Å². The number of nitrogens with one attached hydrogen (secondary N) is 3. The van der Waals surface area contributed by atoms with Gasteiger partial charge < -0.3 is 10.2 Å². The zero-order chi connectivity index (χ0) is 15.4. The maximum atomic E-state index is 13.4. The fourth-order valence-corrected chi connectivity index (χ4v) is 2.96. The molecule has 1 aliphatic rings. The lowest BCUT2D eigenvalue weighted by atomic mass is 9.96. The minimum atomic E-state index is -0.175. The summed E-state index contributed by atoms with van der Waals surface area (Å²) in [6, 6.07) is 7.96. The predicted octanol–water partition coefficient (Wildman–Crippen LogP) is 1.52. The minimum Gasteiger partial charge on any atom is -0.314 e. The van der Waals surface area contributed by atoms with Crippen molar-refractivity contribution in [1.82, 2.24) is 21.1 Å². The number of hydrogen-bond donors (Lipinski definition) is 3. The first-order valence-electron chi connectivity index (χ1n) is 7.62. The Morgan fingerprint density at radius 3 is 2.48 bits per heavy atom. The number of rotatable bonds is 6. The smallest absolute Gasteiger partial charge is 0.123 e. The van der Waals surface area contributed by atoms with Gasteiger partial charge in [-0.25, -0.2) is 4.39 Å². The number of halogens is 1. The molecule has 1 aliphatic heterocycles. The molecule has 4 nitrogen and oxygen atoms in total. The molecule has 2 rings (SSSR count). The summed E-state index contributed by atoms with van der Waals surface area (Å²) >= 11 is 0. The summed E-state index contributed by atoms with van der Waals surface area (Å²) in [4.78, 5) is 2.12. The van der Waals surface area contributed by atoms with Gasteiger partial charge in [0.05, 0.1) is 0 Å². The van der Waals surface area contributed by atoms with Gasteiger partial charge in [0.25, 0.3) is 0 Å². The zero-order valence-electron chi connectivity index (χ0n) is 13.4. The third-order valence-electron chi connectivity index (χ3n) is 4.40. The predicted molar refractivity (Wildman–Crippen MR) is 84.4 cm³/mol. The molecule has 1 heterocycles. The minimum absolute atomic E-state index is 0.175. The largest absolute Gasteiger partial charge is 0.314 e. The third-order valence-corrected chi connectivity index (χ3v) is 4.40. The van der Waals surface area contributed by atoms with E-state index in [1.165, 1.54) is 6.07 Å². The molecule has 3 N–H and O–H groups in total. The van der Waals surface area contributed by atoms with Gasteiger partial charge in [0.2, 0.25) is 0 Å². The van der Waals surface area contributed by atoms with Crippen molar-refractivity contribution in [2.24, 2.45) is 5.92 Å². The van der Waals surface area contributed by atoms with Crippen molar-refractivity contribution < 1.29 is 4.39 Å². The molecule has 0 saturated carbocycles. The van der Waals surface area contributed by atoms with Crippen molar-refractivity contribution in [2.75, 3.05) is 27.2 Å². The van der Waals surface area contributed by atoms with Crippen molar-refractivity contribution >= 4 is 0 Å². The molecule has 5 heteroatoms. The Balaban J connectivity index is 1.92. The maximum absolute atomic E-state index is 13.4. The first-order chi connectivity index (χ1) is 9.99. The summed E-state index contributed by atoms with van der Waals surface area (Å²) in [5.41, 5.74) is 7.55. The van der Waals surface area contributed by atoms with Crippen LogP contribution in [0.4, 0.5) is 4.39 Å².